The fourth-order valence-electron chi connectivity index (χ4n) is 1.56. The third kappa shape index (κ3) is 4.38. The maximum absolute atomic E-state index is 13.7. The Morgan fingerprint density at radius 1 is 1.21 bits per heavy atom. The molecule has 7 heteroatoms. The molecule has 0 radical (unpaired) electrons. The smallest absolute Gasteiger partial charge is 0.303 e. The van der Waals surface area contributed by atoms with E-state index in [4.69, 9.17) is 16.7 Å². The fourth-order valence-corrected chi connectivity index (χ4v) is 1.85. The molecule has 0 amide bonds. The van der Waals surface area contributed by atoms with Gasteiger partial charge in [0.05, 0.1) is 5.02 Å². The number of carboxylic acids is 1. The zero-order valence-corrected chi connectivity index (χ0v) is 10.5. The number of halogens is 5. The molecule has 0 spiro atoms. The topological polar surface area (TPSA) is 37.3 Å². The van der Waals surface area contributed by atoms with Crippen LogP contribution in [0.2, 0.25) is 5.02 Å². The van der Waals surface area contributed by atoms with Crippen LogP contribution in [-0.2, 0) is 10.7 Å². The van der Waals surface area contributed by atoms with Gasteiger partial charge in [-0.2, -0.15) is 0 Å². The number of alkyl halides is 2. The van der Waals surface area contributed by atoms with Crippen molar-refractivity contribution < 1.29 is 27.5 Å². The third-order valence-corrected chi connectivity index (χ3v) is 2.85. The van der Waals surface area contributed by atoms with Crippen molar-refractivity contribution in [1.82, 2.24) is 0 Å². The second kappa shape index (κ2) is 6.23. The number of carboxylic acid groups (broad SMARTS) is 1. The minimum Gasteiger partial charge on any atom is -0.481 e. The van der Waals surface area contributed by atoms with Crippen LogP contribution < -0.4 is 0 Å². The number of hydrogen-bond acceptors (Lipinski definition) is 1. The lowest BCUT2D eigenvalue weighted by molar-refractivity contribution is -0.137. The molecular formula is C12H11ClF4O2. The van der Waals surface area contributed by atoms with E-state index >= 15 is 0 Å². The van der Waals surface area contributed by atoms with Crippen LogP contribution in [0.4, 0.5) is 17.6 Å². The van der Waals surface area contributed by atoms with Gasteiger partial charge in [-0.25, -0.2) is 17.6 Å². The van der Waals surface area contributed by atoms with Gasteiger partial charge in [-0.15, -0.1) is 0 Å². The van der Waals surface area contributed by atoms with Crippen LogP contribution in [0.3, 0.4) is 0 Å². The molecule has 0 heterocycles. The highest BCUT2D eigenvalue weighted by molar-refractivity contribution is 6.31. The van der Waals surface area contributed by atoms with E-state index in [1.165, 1.54) is 0 Å². The molecule has 0 unspecified atom stereocenters. The Morgan fingerprint density at radius 3 is 2.37 bits per heavy atom. The van der Waals surface area contributed by atoms with Gasteiger partial charge in [0.25, 0.3) is 5.92 Å². The molecule has 1 N–H and O–H groups in total. The van der Waals surface area contributed by atoms with E-state index in [1.807, 2.05) is 0 Å². The van der Waals surface area contributed by atoms with E-state index in [1.54, 1.807) is 0 Å². The number of carbonyl (C=O) groups is 1. The molecule has 0 aliphatic rings. The lowest BCUT2D eigenvalue weighted by Gasteiger charge is -2.18. The van der Waals surface area contributed by atoms with Gasteiger partial charge in [-0.3, -0.25) is 4.79 Å². The Labute approximate surface area is 112 Å². The molecule has 1 aromatic rings. The molecule has 0 aromatic heterocycles. The zero-order valence-electron chi connectivity index (χ0n) is 9.73. The highest BCUT2D eigenvalue weighted by atomic mass is 35.5. The van der Waals surface area contributed by atoms with E-state index in [9.17, 15) is 22.4 Å². The molecular weight excluding hydrogens is 288 g/mol. The van der Waals surface area contributed by atoms with Gasteiger partial charge in [0.15, 0.2) is 11.6 Å². The van der Waals surface area contributed by atoms with Crippen LogP contribution in [0, 0.1) is 11.6 Å². The minimum atomic E-state index is -3.43. The van der Waals surface area contributed by atoms with Crippen LogP contribution in [0.5, 0.6) is 0 Å². The summed E-state index contributed by atoms with van der Waals surface area (Å²) in [5, 5.41) is 7.82. The van der Waals surface area contributed by atoms with Crippen molar-refractivity contribution >= 4 is 17.6 Å². The van der Waals surface area contributed by atoms with Crippen LogP contribution in [0.15, 0.2) is 12.1 Å². The average Bonchev–Trinajstić information content (AvgIpc) is 2.29. The predicted octanol–water partition coefficient (Wildman–Crippen LogP) is 4.36. The van der Waals surface area contributed by atoms with E-state index < -0.39 is 40.5 Å². The number of hydrogen-bond donors (Lipinski definition) is 1. The first-order chi connectivity index (χ1) is 8.74. The lowest BCUT2D eigenvalue weighted by atomic mass is 10.0. The number of aliphatic carboxylic acids is 1. The maximum atomic E-state index is 13.7. The fraction of sp³-hybridized carbons (Fsp3) is 0.417. The standard InChI is InChI=1S/C12H11ClF4O2/c13-8-6-10(15)9(14)5-7(8)12(16,17)4-2-1-3-11(18)19/h5-6H,1-4H2,(H,18,19). The van der Waals surface area contributed by atoms with Crippen molar-refractivity contribution in [2.45, 2.75) is 31.6 Å². The monoisotopic (exact) mass is 298 g/mol. The van der Waals surface area contributed by atoms with E-state index in [2.05, 4.69) is 0 Å². The van der Waals surface area contributed by atoms with Gasteiger partial charge in [0.2, 0.25) is 0 Å². The second-order valence-electron chi connectivity index (χ2n) is 4.05. The van der Waals surface area contributed by atoms with Crippen LogP contribution in [0.25, 0.3) is 0 Å². The van der Waals surface area contributed by atoms with E-state index in [-0.39, 0.29) is 19.3 Å². The Morgan fingerprint density at radius 2 is 1.79 bits per heavy atom. The van der Waals surface area contributed by atoms with Gasteiger partial charge >= 0.3 is 5.97 Å². The number of rotatable bonds is 6. The number of unbranched alkanes of at least 4 members (excludes halogenated alkanes) is 1. The molecule has 0 aliphatic heterocycles. The summed E-state index contributed by atoms with van der Waals surface area (Å²) in [7, 11) is 0. The molecule has 0 atom stereocenters. The summed E-state index contributed by atoms with van der Waals surface area (Å²) in [6, 6.07) is 0.867. The summed E-state index contributed by atoms with van der Waals surface area (Å²) in [5.74, 6) is -7.20. The van der Waals surface area contributed by atoms with Crippen molar-refractivity contribution in [1.29, 1.82) is 0 Å². The molecule has 0 saturated carbocycles. The molecule has 0 bridgehead atoms. The maximum Gasteiger partial charge on any atom is 0.303 e. The highest BCUT2D eigenvalue weighted by Gasteiger charge is 2.34. The van der Waals surface area contributed by atoms with Crippen LogP contribution >= 0.6 is 11.6 Å². The Hall–Kier alpha value is -1.30. The molecule has 1 aromatic carbocycles. The zero-order chi connectivity index (χ0) is 14.6. The first-order valence-electron chi connectivity index (χ1n) is 5.48. The van der Waals surface area contributed by atoms with Gasteiger partial charge in [-0.1, -0.05) is 11.6 Å². The van der Waals surface area contributed by atoms with Gasteiger partial charge < -0.3 is 5.11 Å². The Balaban J connectivity index is 2.76. The van der Waals surface area contributed by atoms with Crippen molar-refractivity contribution in [3.05, 3.63) is 34.4 Å². The largest absolute Gasteiger partial charge is 0.481 e. The molecule has 0 saturated heterocycles. The highest BCUT2D eigenvalue weighted by Crippen LogP contribution is 2.38. The molecule has 1 rings (SSSR count). The summed E-state index contributed by atoms with van der Waals surface area (Å²) >= 11 is 5.47. The van der Waals surface area contributed by atoms with Crippen molar-refractivity contribution in [3.8, 4) is 0 Å². The van der Waals surface area contributed by atoms with Crippen LogP contribution in [0.1, 0.15) is 31.2 Å². The summed E-state index contributed by atoms with van der Waals surface area (Å²) in [4.78, 5) is 10.2. The van der Waals surface area contributed by atoms with E-state index in [0.717, 1.165) is 0 Å². The van der Waals surface area contributed by atoms with Gasteiger partial charge in [-0.05, 0) is 25.0 Å². The Bertz CT molecular complexity index is 477. The SMILES string of the molecule is O=C(O)CCCCC(F)(F)c1cc(F)c(F)cc1Cl. The normalized spacial score (nSPS) is 11.6. The Kier molecular flexibility index (Phi) is 5.17. The summed E-state index contributed by atoms with van der Waals surface area (Å²) in [6.07, 6.45) is -0.881. The molecule has 19 heavy (non-hydrogen) atoms. The molecule has 0 aliphatic carbocycles. The average molecular weight is 299 g/mol. The number of benzene rings is 1. The van der Waals surface area contributed by atoms with E-state index in [0.29, 0.717) is 12.1 Å². The van der Waals surface area contributed by atoms with Crippen molar-refractivity contribution in [2.75, 3.05) is 0 Å². The van der Waals surface area contributed by atoms with Crippen molar-refractivity contribution in [2.24, 2.45) is 0 Å². The first-order valence-corrected chi connectivity index (χ1v) is 5.86. The van der Waals surface area contributed by atoms with Gasteiger partial charge in [0.1, 0.15) is 0 Å². The third-order valence-electron chi connectivity index (χ3n) is 2.54. The lowest BCUT2D eigenvalue weighted by Crippen LogP contribution is -2.15. The summed E-state index contributed by atoms with van der Waals surface area (Å²) < 4.78 is 53.2. The minimum absolute atomic E-state index is 0.0609. The van der Waals surface area contributed by atoms with Crippen LogP contribution in [-0.4, -0.2) is 11.1 Å². The van der Waals surface area contributed by atoms with Crippen molar-refractivity contribution in [3.63, 3.8) is 0 Å². The van der Waals surface area contributed by atoms with Gasteiger partial charge in [0, 0.05) is 18.4 Å². The molecule has 106 valence electrons. The molecule has 2 nitrogen and oxygen atoms in total. The summed E-state index contributed by atoms with van der Waals surface area (Å²) in [6.45, 7) is 0. The quantitative estimate of drug-likeness (QED) is 0.481. The molecule has 0 fully saturated rings. The first kappa shape index (κ1) is 15.8. The predicted molar refractivity (Wildman–Crippen MR) is 61.4 cm³/mol. The second-order valence-corrected chi connectivity index (χ2v) is 4.46. The summed E-state index contributed by atoms with van der Waals surface area (Å²) in [5.41, 5.74) is -0.789.